The van der Waals surface area contributed by atoms with Gasteiger partial charge in [-0.2, -0.15) is 0 Å². The quantitative estimate of drug-likeness (QED) is 0.412. The van der Waals surface area contributed by atoms with Crippen molar-refractivity contribution in [2.75, 3.05) is 0 Å². The van der Waals surface area contributed by atoms with Gasteiger partial charge in [-0.1, -0.05) is 80.1 Å². The first-order valence-corrected chi connectivity index (χ1v) is 12.2. The van der Waals surface area contributed by atoms with Crippen LogP contribution in [0.4, 0.5) is 0 Å². The molecule has 0 saturated heterocycles. The first kappa shape index (κ1) is 21.0. The van der Waals surface area contributed by atoms with Gasteiger partial charge in [0, 0.05) is 6.42 Å². The largest absolute Gasteiger partial charge is 0.478 e. The molecule has 0 fully saturated rings. The zero-order chi connectivity index (χ0) is 21.6. The molecule has 0 atom stereocenters. The van der Waals surface area contributed by atoms with E-state index in [1.807, 2.05) is 47.0 Å². The molecule has 1 heterocycles. The minimum atomic E-state index is -1.92. The summed E-state index contributed by atoms with van der Waals surface area (Å²) in [7, 11) is -1.92. The monoisotopic (exact) mass is 430 g/mol. The second kappa shape index (κ2) is 9.72. The van der Waals surface area contributed by atoms with Gasteiger partial charge in [0.1, 0.15) is 18.1 Å². The molecule has 158 valence electrons. The van der Waals surface area contributed by atoms with E-state index in [-0.39, 0.29) is 5.56 Å². The van der Waals surface area contributed by atoms with E-state index in [9.17, 15) is 9.90 Å². The number of carbonyl (C=O) groups is 1. The number of benzene rings is 3. The van der Waals surface area contributed by atoms with Crippen molar-refractivity contribution in [3.63, 3.8) is 0 Å². The van der Waals surface area contributed by atoms with Crippen molar-refractivity contribution in [2.24, 2.45) is 0 Å². The van der Waals surface area contributed by atoms with Crippen molar-refractivity contribution in [3.05, 3.63) is 90.3 Å². The highest BCUT2D eigenvalue weighted by Gasteiger charge is 2.21. The normalized spacial score (nSPS) is 11.3. The van der Waals surface area contributed by atoms with Gasteiger partial charge in [-0.15, -0.1) is 0 Å². The maximum atomic E-state index is 11.7. The summed E-state index contributed by atoms with van der Waals surface area (Å²) in [6, 6.07) is 26.0. The van der Waals surface area contributed by atoms with Gasteiger partial charge in [0.05, 0.1) is 11.1 Å². The van der Waals surface area contributed by atoms with Crippen LogP contribution in [0.2, 0.25) is 0 Å². The molecule has 4 rings (SSSR count). The number of aromatic carboxylic acids is 1. The molecule has 0 aliphatic heterocycles. The highest BCUT2D eigenvalue weighted by molar-refractivity contribution is 6.79. The maximum absolute atomic E-state index is 11.7. The van der Waals surface area contributed by atoms with Gasteiger partial charge in [-0.05, 0) is 28.9 Å². The first-order chi connectivity index (χ1) is 15.2. The van der Waals surface area contributed by atoms with E-state index in [0.717, 1.165) is 30.6 Å². The van der Waals surface area contributed by atoms with E-state index >= 15 is 0 Å². The van der Waals surface area contributed by atoms with Gasteiger partial charge < -0.3 is 14.1 Å². The first-order valence-electron chi connectivity index (χ1n) is 10.6. The van der Waals surface area contributed by atoms with Crippen molar-refractivity contribution in [1.29, 1.82) is 0 Å². The van der Waals surface area contributed by atoms with Crippen LogP contribution in [0.3, 0.4) is 0 Å². The average Bonchev–Trinajstić information content (AvgIpc) is 3.16. The maximum Gasteiger partial charge on any atom is 0.337 e. The zero-order valence-corrected chi connectivity index (χ0v) is 18.7. The molecule has 5 nitrogen and oxygen atoms in total. The summed E-state index contributed by atoms with van der Waals surface area (Å²) in [6.45, 7) is 2.49. The SMILES string of the molecule is CCCCc1nc2c(C(=O)O)cccc2n1CO[SiH](c1ccccc1)c1ccccc1. The number of imidazole rings is 1. The number of hydrogen-bond donors (Lipinski definition) is 1. The third-order valence-electron chi connectivity index (χ3n) is 5.42. The van der Waals surface area contributed by atoms with E-state index in [1.165, 1.54) is 10.4 Å². The topological polar surface area (TPSA) is 64.3 Å². The van der Waals surface area contributed by atoms with E-state index in [1.54, 1.807) is 12.1 Å². The summed E-state index contributed by atoms with van der Waals surface area (Å²) in [6.07, 6.45) is 2.82. The van der Waals surface area contributed by atoms with Crippen LogP contribution in [0.25, 0.3) is 11.0 Å². The standard InChI is InChI=1S/C25H26N2O3Si/c1-2-3-17-23-26-24-21(25(28)29)15-10-16-22(24)27(23)18-30-31(19-11-6-4-7-12-19)20-13-8-5-9-14-20/h4-16,31H,2-3,17-18H2,1H3,(H,28,29). The Bertz CT molecular complexity index is 1120. The number of para-hydroxylation sites is 1. The summed E-state index contributed by atoms with van der Waals surface area (Å²) >= 11 is 0. The zero-order valence-electron chi connectivity index (χ0n) is 17.6. The number of nitrogens with zero attached hydrogens (tertiary/aromatic N) is 2. The molecule has 31 heavy (non-hydrogen) atoms. The summed E-state index contributed by atoms with van der Waals surface area (Å²) in [4.78, 5) is 16.4. The number of aromatic nitrogens is 2. The Balaban J connectivity index is 1.72. The van der Waals surface area contributed by atoms with Crippen molar-refractivity contribution >= 4 is 36.4 Å². The molecule has 0 aliphatic carbocycles. The van der Waals surface area contributed by atoms with Crippen molar-refractivity contribution < 1.29 is 14.3 Å². The van der Waals surface area contributed by atoms with Gasteiger partial charge in [0.2, 0.25) is 9.04 Å². The fourth-order valence-corrected chi connectivity index (χ4v) is 6.04. The highest BCUT2D eigenvalue weighted by Crippen LogP contribution is 2.22. The average molecular weight is 431 g/mol. The van der Waals surface area contributed by atoms with E-state index < -0.39 is 15.0 Å². The summed E-state index contributed by atoms with van der Waals surface area (Å²) in [5.74, 6) is -0.0848. The molecule has 0 aliphatic rings. The lowest BCUT2D eigenvalue weighted by Crippen LogP contribution is -2.45. The molecule has 0 spiro atoms. The molecular formula is C25H26N2O3Si. The highest BCUT2D eigenvalue weighted by atomic mass is 28.3. The molecule has 0 unspecified atom stereocenters. The molecule has 3 aromatic carbocycles. The van der Waals surface area contributed by atoms with E-state index in [4.69, 9.17) is 9.41 Å². The molecule has 0 amide bonds. The number of aryl methyl sites for hydroxylation is 1. The number of unbranched alkanes of at least 4 members (excludes halogenated alkanes) is 1. The summed E-state index contributed by atoms with van der Waals surface area (Å²) < 4.78 is 8.65. The molecular weight excluding hydrogens is 404 g/mol. The third-order valence-corrected chi connectivity index (χ3v) is 7.88. The number of carboxylic acid groups (broad SMARTS) is 1. The Morgan fingerprint density at radius 3 is 2.19 bits per heavy atom. The smallest absolute Gasteiger partial charge is 0.337 e. The number of hydrogen-bond acceptors (Lipinski definition) is 3. The van der Waals surface area contributed by atoms with Crippen molar-refractivity contribution in [3.8, 4) is 0 Å². The van der Waals surface area contributed by atoms with Crippen LogP contribution in [0.1, 0.15) is 35.9 Å². The van der Waals surface area contributed by atoms with Crippen molar-refractivity contribution in [2.45, 2.75) is 32.9 Å². The van der Waals surface area contributed by atoms with Gasteiger partial charge in [-0.3, -0.25) is 0 Å². The van der Waals surface area contributed by atoms with Crippen LogP contribution in [0, 0.1) is 0 Å². The lowest BCUT2D eigenvalue weighted by molar-refractivity contribution is 0.0699. The number of rotatable bonds is 9. The Labute approximate surface area is 183 Å². The lowest BCUT2D eigenvalue weighted by Gasteiger charge is -2.19. The molecule has 1 N–H and O–H groups in total. The number of carboxylic acids is 1. The van der Waals surface area contributed by atoms with Crippen LogP contribution < -0.4 is 10.4 Å². The Hall–Kier alpha value is -3.22. The minimum absolute atomic E-state index is 0.230. The summed E-state index contributed by atoms with van der Waals surface area (Å²) in [5, 5.41) is 12.0. The summed E-state index contributed by atoms with van der Waals surface area (Å²) in [5.41, 5.74) is 1.57. The lowest BCUT2D eigenvalue weighted by atomic mass is 10.2. The molecule has 6 heteroatoms. The Morgan fingerprint density at radius 2 is 1.61 bits per heavy atom. The van der Waals surface area contributed by atoms with E-state index in [0.29, 0.717) is 12.2 Å². The van der Waals surface area contributed by atoms with Gasteiger partial charge >= 0.3 is 5.97 Å². The molecule has 4 aromatic rings. The van der Waals surface area contributed by atoms with E-state index in [2.05, 4.69) is 31.2 Å². The Morgan fingerprint density at radius 1 is 0.968 bits per heavy atom. The second-order valence-corrected chi connectivity index (χ2v) is 9.96. The predicted octanol–water partition coefficient (Wildman–Crippen LogP) is 3.59. The van der Waals surface area contributed by atoms with Gasteiger partial charge in [0.15, 0.2) is 0 Å². The van der Waals surface area contributed by atoms with Crippen LogP contribution in [-0.4, -0.2) is 29.7 Å². The number of fused-ring (bicyclic) bond motifs is 1. The fourth-order valence-electron chi connectivity index (χ4n) is 3.83. The molecule has 0 bridgehead atoms. The molecule has 0 radical (unpaired) electrons. The predicted molar refractivity (Wildman–Crippen MR) is 126 cm³/mol. The van der Waals surface area contributed by atoms with Crippen LogP contribution in [0.15, 0.2) is 78.9 Å². The minimum Gasteiger partial charge on any atom is -0.478 e. The fraction of sp³-hybridized carbons (Fsp3) is 0.200. The third kappa shape index (κ3) is 4.60. The van der Waals surface area contributed by atoms with Crippen molar-refractivity contribution in [1.82, 2.24) is 9.55 Å². The molecule has 0 saturated carbocycles. The van der Waals surface area contributed by atoms with Gasteiger partial charge in [0.25, 0.3) is 0 Å². The second-order valence-electron chi connectivity index (χ2n) is 7.54. The Kier molecular flexibility index (Phi) is 6.59. The van der Waals surface area contributed by atoms with Gasteiger partial charge in [-0.25, -0.2) is 9.78 Å². The molecule has 1 aromatic heterocycles. The van der Waals surface area contributed by atoms with Crippen LogP contribution in [-0.2, 0) is 17.6 Å². The van der Waals surface area contributed by atoms with Crippen LogP contribution in [0.5, 0.6) is 0 Å². The van der Waals surface area contributed by atoms with Crippen LogP contribution >= 0.6 is 0 Å².